The van der Waals surface area contributed by atoms with Gasteiger partial charge in [-0.1, -0.05) is 0 Å². The minimum Gasteiger partial charge on any atom is -0.377 e. The van der Waals surface area contributed by atoms with Crippen LogP contribution >= 0.6 is 11.8 Å². The van der Waals surface area contributed by atoms with Crippen molar-refractivity contribution in [3.63, 3.8) is 0 Å². The summed E-state index contributed by atoms with van der Waals surface area (Å²) in [5, 5.41) is 2.73. The van der Waals surface area contributed by atoms with Gasteiger partial charge in [0.2, 0.25) is 5.91 Å². The number of hydrogen-bond acceptors (Lipinski definition) is 4. The van der Waals surface area contributed by atoms with Crippen LogP contribution in [0, 0.1) is 5.82 Å². The van der Waals surface area contributed by atoms with Crippen LogP contribution in [0.5, 0.6) is 0 Å². The van der Waals surface area contributed by atoms with Gasteiger partial charge in [0.15, 0.2) is 0 Å². The number of rotatable bonds is 6. The van der Waals surface area contributed by atoms with E-state index in [-0.39, 0.29) is 12.0 Å². The Morgan fingerprint density at radius 3 is 3.08 bits per heavy atom. The highest BCUT2D eigenvalue weighted by atomic mass is 32.2. The largest absolute Gasteiger partial charge is 0.377 e. The molecule has 0 unspecified atom stereocenters. The SMILES string of the molecule is O=C(CSC[C@@H]1CCCCO1)Nc1ccc(-n2ccnc2)c(F)c1. The Hall–Kier alpha value is -1.86. The van der Waals surface area contributed by atoms with E-state index in [4.69, 9.17) is 4.74 Å². The van der Waals surface area contributed by atoms with E-state index in [1.165, 1.54) is 18.8 Å². The lowest BCUT2D eigenvalue weighted by Gasteiger charge is -2.21. The first-order valence-corrected chi connectivity index (χ1v) is 9.15. The Morgan fingerprint density at radius 2 is 2.38 bits per heavy atom. The molecule has 1 N–H and O–H groups in total. The molecule has 128 valence electrons. The van der Waals surface area contributed by atoms with Gasteiger partial charge in [-0.2, -0.15) is 0 Å². The number of nitrogens with one attached hydrogen (secondary N) is 1. The minimum atomic E-state index is -0.408. The summed E-state index contributed by atoms with van der Waals surface area (Å²) in [6.07, 6.45) is 8.42. The molecular formula is C17H20FN3O2S. The third-order valence-electron chi connectivity index (χ3n) is 3.82. The molecule has 0 saturated carbocycles. The number of nitrogens with zero attached hydrogens (tertiary/aromatic N) is 2. The summed E-state index contributed by atoms with van der Waals surface area (Å²) in [5.41, 5.74) is 0.852. The summed E-state index contributed by atoms with van der Waals surface area (Å²) in [4.78, 5) is 15.9. The lowest BCUT2D eigenvalue weighted by Crippen LogP contribution is -2.23. The maximum atomic E-state index is 14.1. The number of aromatic nitrogens is 2. The Bertz CT molecular complexity index is 672. The quantitative estimate of drug-likeness (QED) is 0.870. The molecular weight excluding hydrogens is 329 g/mol. The molecule has 0 radical (unpaired) electrons. The molecule has 1 saturated heterocycles. The Labute approximate surface area is 144 Å². The van der Waals surface area contributed by atoms with Crippen molar-refractivity contribution in [2.45, 2.75) is 25.4 Å². The molecule has 1 fully saturated rings. The van der Waals surface area contributed by atoms with E-state index < -0.39 is 5.82 Å². The van der Waals surface area contributed by atoms with Crippen molar-refractivity contribution in [3.05, 3.63) is 42.7 Å². The molecule has 5 nitrogen and oxygen atoms in total. The molecule has 1 aromatic carbocycles. The van der Waals surface area contributed by atoms with E-state index in [9.17, 15) is 9.18 Å². The van der Waals surface area contributed by atoms with Gasteiger partial charge >= 0.3 is 0 Å². The molecule has 1 aliphatic heterocycles. The predicted molar refractivity (Wildman–Crippen MR) is 93.1 cm³/mol. The third-order valence-corrected chi connectivity index (χ3v) is 4.90. The summed E-state index contributed by atoms with van der Waals surface area (Å²) in [6.45, 7) is 0.819. The van der Waals surface area contributed by atoms with Crippen molar-refractivity contribution in [2.24, 2.45) is 0 Å². The van der Waals surface area contributed by atoms with Crippen molar-refractivity contribution in [1.82, 2.24) is 9.55 Å². The van der Waals surface area contributed by atoms with Crippen LogP contribution in [0.15, 0.2) is 36.9 Å². The molecule has 2 aromatic rings. The highest BCUT2D eigenvalue weighted by Crippen LogP contribution is 2.19. The van der Waals surface area contributed by atoms with Crippen LogP contribution in [-0.2, 0) is 9.53 Å². The van der Waals surface area contributed by atoms with Crippen LogP contribution in [-0.4, -0.2) is 39.7 Å². The lowest BCUT2D eigenvalue weighted by molar-refractivity contribution is -0.113. The monoisotopic (exact) mass is 349 g/mol. The van der Waals surface area contributed by atoms with Gasteiger partial charge in [0.25, 0.3) is 0 Å². The van der Waals surface area contributed by atoms with Crippen molar-refractivity contribution >= 4 is 23.4 Å². The number of thioether (sulfide) groups is 1. The van der Waals surface area contributed by atoms with Gasteiger partial charge in [0.1, 0.15) is 5.82 Å². The average Bonchev–Trinajstić information content (AvgIpc) is 3.10. The summed E-state index contributed by atoms with van der Waals surface area (Å²) >= 11 is 1.55. The van der Waals surface area contributed by atoms with Gasteiger partial charge in [-0.05, 0) is 37.5 Å². The summed E-state index contributed by atoms with van der Waals surface area (Å²) in [5.74, 6) is 0.617. The maximum Gasteiger partial charge on any atom is 0.234 e. The zero-order valence-corrected chi connectivity index (χ0v) is 14.1. The number of carbonyl (C=O) groups is 1. The minimum absolute atomic E-state index is 0.134. The van der Waals surface area contributed by atoms with E-state index in [1.807, 2.05) is 0 Å². The highest BCUT2D eigenvalue weighted by Gasteiger charge is 2.14. The zero-order valence-electron chi connectivity index (χ0n) is 13.3. The topological polar surface area (TPSA) is 56.1 Å². The molecule has 1 aromatic heterocycles. The molecule has 7 heteroatoms. The van der Waals surface area contributed by atoms with Crippen LogP contribution in [0.2, 0.25) is 0 Å². The van der Waals surface area contributed by atoms with Crippen LogP contribution in [0.4, 0.5) is 10.1 Å². The molecule has 0 spiro atoms. The second-order valence-corrected chi connectivity index (χ2v) is 6.72. The smallest absolute Gasteiger partial charge is 0.234 e. The van der Waals surface area contributed by atoms with Gasteiger partial charge in [-0.25, -0.2) is 9.37 Å². The first kappa shape index (κ1) is 17.0. The zero-order chi connectivity index (χ0) is 16.8. The van der Waals surface area contributed by atoms with Crippen LogP contribution < -0.4 is 5.32 Å². The summed E-state index contributed by atoms with van der Waals surface area (Å²) in [7, 11) is 0. The number of imidazole rings is 1. The van der Waals surface area contributed by atoms with Gasteiger partial charge in [0, 0.05) is 30.4 Å². The fraction of sp³-hybridized carbons (Fsp3) is 0.412. The molecule has 2 heterocycles. The van der Waals surface area contributed by atoms with E-state index in [2.05, 4.69) is 10.3 Å². The normalized spacial score (nSPS) is 17.6. The van der Waals surface area contributed by atoms with E-state index in [0.717, 1.165) is 25.2 Å². The van der Waals surface area contributed by atoms with Gasteiger partial charge < -0.3 is 14.6 Å². The van der Waals surface area contributed by atoms with Crippen molar-refractivity contribution in [2.75, 3.05) is 23.4 Å². The number of halogens is 1. The number of anilines is 1. The Balaban J connectivity index is 1.48. The summed E-state index contributed by atoms with van der Waals surface area (Å²) < 4.78 is 21.4. The number of ether oxygens (including phenoxy) is 1. The molecule has 1 atom stereocenters. The predicted octanol–water partition coefficient (Wildman–Crippen LogP) is 3.25. The second-order valence-electron chi connectivity index (χ2n) is 5.69. The molecule has 3 rings (SSSR count). The first-order valence-electron chi connectivity index (χ1n) is 7.99. The van der Waals surface area contributed by atoms with E-state index >= 15 is 0 Å². The van der Waals surface area contributed by atoms with Crippen molar-refractivity contribution < 1.29 is 13.9 Å². The molecule has 1 aliphatic rings. The third kappa shape index (κ3) is 4.58. The number of benzene rings is 1. The average molecular weight is 349 g/mol. The number of carbonyl (C=O) groups excluding carboxylic acids is 1. The number of hydrogen-bond donors (Lipinski definition) is 1. The fourth-order valence-corrected chi connectivity index (χ4v) is 3.52. The second kappa shape index (κ2) is 8.30. The fourth-order valence-electron chi connectivity index (χ4n) is 2.61. The number of amides is 1. The van der Waals surface area contributed by atoms with Crippen molar-refractivity contribution in [1.29, 1.82) is 0 Å². The van der Waals surface area contributed by atoms with E-state index in [0.29, 0.717) is 17.1 Å². The molecule has 0 aliphatic carbocycles. The van der Waals surface area contributed by atoms with Crippen molar-refractivity contribution in [3.8, 4) is 5.69 Å². The van der Waals surface area contributed by atoms with Gasteiger partial charge in [-0.3, -0.25) is 4.79 Å². The molecule has 0 bridgehead atoms. The first-order chi connectivity index (χ1) is 11.7. The lowest BCUT2D eigenvalue weighted by atomic mass is 10.1. The molecule has 1 amide bonds. The van der Waals surface area contributed by atoms with Crippen LogP contribution in [0.3, 0.4) is 0 Å². The van der Waals surface area contributed by atoms with Crippen LogP contribution in [0.1, 0.15) is 19.3 Å². The Morgan fingerprint density at radius 1 is 1.46 bits per heavy atom. The van der Waals surface area contributed by atoms with E-state index in [1.54, 1.807) is 40.9 Å². The Kier molecular flexibility index (Phi) is 5.87. The summed E-state index contributed by atoms with van der Waals surface area (Å²) in [6, 6.07) is 4.63. The van der Waals surface area contributed by atoms with Gasteiger partial charge in [0.05, 0.1) is 23.9 Å². The standard InChI is InChI=1S/C17H20FN3O2S/c18-15-9-13(4-5-16(15)21-7-6-19-12-21)20-17(22)11-24-10-14-3-1-2-8-23-14/h4-7,9,12,14H,1-3,8,10-11H2,(H,20,22)/t14-/m0/s1. The van der Waals surface area contributed by atoms with Gasteiger partial charge in [-0.15, -0.1) is 11.8 Å². The van der Waals surface area contributed by atoms with Crippen LogP contribution in [0.25, 0.3) is 5.69 Å². The maximum absolute atomic E-state index is 14.1. The highest BCUT2D eigenvalue weighted by molar-refractivity contribution is 8.00. The molecule has 24 heavy (non-hydrogen) atoms.